The number of aliphatic hydroxyl groups is 1. The minimum atomic E-state index is -0.443. The average molecular weight is 256 g/mol. The van der Waals surface area contributed by atoms with Gasteiger partial charge in [0.05, 0.1) is 6.10 Å². The molecule has 0 aromatic heterocycles. The van der Waals surface area contributed by atoms with Crippen molar-refractivity contribution in [2.24, 2.45) is 5.73 Å². The largest absolute Gasteiger partial charge is 0.392 e. The molecule has 0 bridgehead atoms. The smallest absolute Gasteiger partial charge is 0.137 e. The van der Waals surface area contributed by atoms with Gasteiger partial charge in [0.1, 0.15) is 10.8 Å². The Morgan fingerprint density at radius 1 is 1.59 bits per heavy atom. The molecular formula is C12H17FN2OS. The number of hydrogen-bond acceptors (Lipinski definition) is 3. The number of hydrogen-bond donors (Lipinski definition) is 2. The standard InChI is InChI=1S/C12H17FN2OS/c1-8(16)6-15(2)7-9-4-3-5-10(11(9)13)12(14)17/h3-5,8,16H,6-7H2,1-2H3,(H2,14,17). The third-order valence-electron chi connectivity index (χ3n) is 2.36. The van der Waals surface area contributed by atoms with Gasteiger partial charge in [0.25, 0.3) is 0 Å². The summed E-state index contributed by atoms with van der Waals surface area (Å²) in [6.45, 7) is 2.59. The van der Waals surface area contributed by atoms with Crippen molar-refractivity contribution in [1.29, 1.82) is 0 Å². The lowest BCUT2D eigenvalue weighted by Crippen LogP contribution is -2.27. The van der Waals surface area contributed by atoms with Gasteiger partial charge in [-0.05, 0) is 20.0 Å². The van der Waals surface area contributed by atoms with Gasteiger partial charge in [-0.1, -0.05) is 24.4 Å². The van der Waals surface area contributed by atoms with Crippen LogP contribution in [0, 0.1) is 5.82 Å². The van der Waals surface area contributed by atoms with Crippen LogP contribution in [0.4, 0.5) is 4.39 Å². The zero-order valence-corrected chi connectivity index (χ0v) is 10.8. The molecule has 0 heterocycles. The lowest BCUT2D eigenvalue weighted by Gasteiger charge is -2.19. The van der Waals surface area contributed by atoms with E-state index in [0.717, 1.165) is 0 Å². The first-order chi connectivity index (χ1) is 7.91. The maximum absolute atomic E-state index is 14.0. The second-order valence-corrected chi connectivity index (χ2v) is 4.63. The van der Waals surface area contributed by atoms with Crippen molar-refractivity contribution < 1.29 is 9.50 Å². The fourth-order valence-corrected chi connectivity index (χ4v) is 1.86. The van der Waals surface area contributed by atoms with Crippen LogP contribution in [-0.4, -0.2) is 34.7 Å². The third kappa shape index (κ3) is 4.03. The van der Waals surface area contributed by atoms with E-state index < -0.39 is 6.10 Å². The lowest BCUT2D eigenvalue weighted by molar-refractivity contribution is 0.137. The summed E-state index contributed by atoms with van der Waals surface area (Å²) in [7, 11) is 1.82. The van der Waals surface area contributed by atoms with Crippen LogP contribution in [0.5, 0.6) is 0 Å². The molecule has 5 heteroatoms. The summed E-state index contributed by atoms with van der Waals surface area (Å²) in [6.07, 6.45) is -0.443. The number of benzene rings is 1. The molecule has 0 spiro atoms. The van der Waals surface area contributed by atoms with Crippen molar-refractivity contribution in [3.05, 3.63) is 35.1 Å². The molecule has 0 aliphatic carbocycles. The van der Waals surface area contributed by atoms with Gasteiger partial charge >= 0.3 is 0 Å². The van der Waals surface area contributed by atoms with E-state index in [1.807, 2.05) is 11.9 Å². The van der Waals surface area contributed by atoms with E-state index in [9.17, 15) is 9.50 Å². The second-order valence-electron chi connectivity index (χ2n) is 4.19. The lowest BCUT2D eigenvalue weighted by atomic mass is 10.1. The maximum Gasteiger partial charge on any atom is 0.137 e. The highest BCUT2D eigenvalue weighted by Crippen LogP contribution is 2.14. The molecule has 0 aliphatic heterocycles. The highest BCUT2D eigenvalue weighted by atomic mass is 32.1. The Balaban J connectivity index is 2.85. The van der Waals surface area contributed by atoms with Crippen molar-refractivity contribution in [1.82, 2.24) is 4.90 Å². The van der Waals surface area contributed by atoms with Crippen LogP contribution < -0.4 is 5.73 Å². The van der Waals surface area contributed by atoms with E-state index >= 15 is 0 Å². The van der Waals surface area contributed by atoms with E-state index in [4.69, 9.17) is 18.0 Å². The minimum Gasteiger partial charge on any atom is -0.392 e. The molecule has 1 unspecified atom stereocenters. The average Bonchev–Trinajstić information content (AvgIpc) is 2.19. The SMILES string of the molecule is CC(O)CN(C)Cc1cccc(C(N)=S)c1F. The monoisotopic (exact) mass is 256 g/mol. The van der Waals surface area contributed by atoms with E-state index in [1.165, 1.54) is 0 Å². The number of aliphatic hydroxyl groups excluding tert-OH is 1. The van der Waals surface area contributed by atoms with E-state index in [0.29, 0.717) is 18.7 Å². The Labute approximate surface area is 106 Å². The van der Waals surface area contributed by atoms with Crippen molar-refractivity contribution in [2.75, 3.05) is 13.6 Å². The molecule has 1 atom stereocenters. The number of rotatable bonds is 5. The molecule has 0 aliphatic rings. The van der Waals surface area contributed by atoms with Gasteiger partial charge in [-0.3, -0.25) is 4.90 Å². The number of halogens is 1. The molecule has 94 valence electrons. The molecule has 3 N–H and O–H groups in total. The number of likely N-dealkylation sites (N-methyl/N-ethyl adjacent to an activating group) is 1. The highest BCUT2D eigenvalue weighted by molar-refractivity contribution is 7.80. The van der Waals surface area contributed by atoms with Crippen molar-refractivity contribution in [3.63, 3.8) is 0 Å². The normalized spacial score (nSPS) is 12.8. The van der Waals surface area contributed by atoms with Crippen LogP contribution in [0.2, 0.25) is 0 Å². The Kier molecular flexibility index (Phi) is 4.99. The predicted molar refractivity (Wildman–Crippen MR) is 70.3 cm³/mol. The topological polar surface area (TPSA) is 49.5 Å². The van der Waals surface area contributed by atoms with Gasteiger partial charge in [0, 0.05) is 24.2 Å². The number of thiocarbonyl (C=S) groups is 1. The van der Waals surface area contributed by atoms with E-state index in [1.54, 1.807) is 25.1 Å². The van der Waals surface area contributed by atoms with E-state index in [-0.39, 0.29) is 16.4 Å². The van der Waals surface area contributed by atoms with Crippen molar-refractivity contribution in [3.8, 4) is 0 Å². The predicted octanol–water partition coefficient (Wildman–Crippen LogP) is 1.27. The van der Waals surface area contributed by atoms with Gasteiger partial charge in [-0.15, -0.1) is 0 Å². The Morgan fingerprint density at radius 2 is 2.24 bits per heavy atom. The van der Waals surface area contributed by atoms with E-state index in [2.05, 4.69) is 0 Å². The molecule has 3 nitrogen and oxygen atoms in total. The first-order valence-corrected chi connectivity index (χ1v) is 5.76. The molecule has 0 fully saturated rings. The summed E-state index contributed by atoms with van der Waals surface area (Å²) in [5, 5.41) is 9.24. The molecule has 17 heavy (non-hydrogen) atoms. The molecule has 0 radical (unpaired) electrons. The molecular weight excluding hydrogens is 239 g/mol. The first-order valence-electron chi connectivity index (χ1n) is 5.35. The van der Waals surface area contributed by atoms with Gasteiger partial charge < -0.3 is 10.8 Å². The van der Waals surface area contributed by atoms with Gasteiger partial charge in [0.15, 0.2) is 0 Å². The number of nitrogens with two attached hydrogens (primary N) is 1. The van der Waals surface area contributed by atoms with Crippen molar-refractivity contribution >= 4 is 17.2 Å². The van der Waals surface area contributed by atoms with Crippen LogP contribution in [0.25, 0.3) is 0 Å². The van der Waals surface area contributed by atoms with Crippen LogP contribution >= 0.6 is 12.2 Å². The molecule has 1 aromatic rings. The Bertz CT molecular complexity index is 409. The van der Waals surface area contributed by atoms with Gasteiger partial charge in [0.2, 0.25) is 0 Å². The summed E-state index contributed by atoms with van der Waals surface area (Å²) in [4.78, 5) is 1.90. The second kappa shape index (κ2) is 6.05. The zero-order chi connectivity index (χ0) is 13.0. The Morgan fingerprint density at radius 3 is 2.76 bits per heavy atom. The molecule has 1 aromatic carbocycles. The quantitative estimate of drug-likeness (QED) is 0.779. The number of nitrogens with zero attached hydrogens (tertiary/aromatic N) is 1. The fourth-order valence-electron chi connectivity index (χ4n) is 1.70. The summed E-state index contributed by atoms with van der Waals surface area (Å²) < 4.78 is 14.0. The minimum absolute atomic E-state index is 0.0579. The Hall–Kier alpha value is -1.04. The van der Waals surface area contributed by atoms with Crippen LogP contribution in [0.3, 0.4) is 0 Å². The van der Waals surface area contributed by atoms with Gasteiger partial charge in [-0.2, -0.15) is 0 Å². The first kappa shape index (κ1) is 14.0. The van der Waals surface area contributed by atoms with Crippen LogP contribution in [-0.2, 0) is 6.54 Å². The summed E-state index contributed by atoms with van der Waals surface area (Å²) in [5.74, 6) is -0.377. The van der Waals surface area contributed by atoms with Gasteiger partial charge in [-0.25, -0.2) is 4.39 Å². The molecule has 0 saturated carbocycles. The van der Waals surface area contributed by atoms with Crippen LogP contribution in [0.15, 0.2) is 18.2 Å². The third-order valence-corrected chi connectivity index (χ3v) is 2.58. The summed E-state index contributed by atoms with van der Waals surface area (Å²) in [6, 6.07) is 4.98. The summed E-state index contributed by atoms with van der Waals surface area (Å²) >= 11 is 4.78. The van der Waals surface area contributed by atoms with Crippen LogP contribution in [0.1, 0.15) is 18.1 Å². The molecule has 1 rings (SSSR count). The molecule has 0 saturated heterocycles. The zero-order valence-electron chi connectivity index (χ0n) is 9.98. The fraction of sp³-hybridized carbons (Fsp3) is 0.417. The van der Waals surface area contributed by atoms with Crippen molar-refractivity contribution in [2.45, 2.75) is 19.6 Å². The highest BCUT2D eigenvalue weighted by Gasteiger charge is 2.12. The maximum atomic E-state index is 14.0. The summed E-state index contributed by atoms with van der Waals surface area (Å²) in [5.41, 5.74) is 6.23. The molecule has 0 amide bonds.